The van der Waals surface area contributed by atoms with Gasteiger partial charge in [-0.2, -0.15) is 0 Å². The van der Waals surface area contributed by atoms with Crippen molar-refractivity contribution in [3.63, 3.8) is 0 Å². The van der Waals surface area contributed by atoms with Crippen LogP contribution >= 0.6 is 0 Å². The number of halogens is 2. The molecule has 0 atom stereocenters. The summed E-state index contributed by atoms with van der Waals surface area (Å²) in [6.45, 7) is 0.869. The number of nitrogens with one attached hydrogen (secondary N) is 1. The van der Waals surface area contributed by atoms with Crippen LogP contribution in [0.25, 0.3) is 0 Å². The minimum absolute atomic E-state index is 0.428. The summed E-state index contributed by atoms with van der Waals surface area (Å²) in [4.78, 5) is 0. The largest absolute Gasteiger partial charge is 0.493 e. The van der Waals surface area contributed by atoms with Gasteiger partial charge in [-0.05, 0) is 35.4 Å². The van der Waals surface area contributed by atoms with Gasteiger partial charge in [0.2, 0.25) is 0 Å². The standard InChI is InChI=1S/C21H19F2NO2/c1-25-20-10-7-16(13-24-17-8-9-18(22)19(23)12-17)11-21(20)26-14-15-5-3-2-4-6-15/h2-12,24H,13-14H2,1H3. The van der Waals surface area contributed by atoms with Gasteiger partial charge < -0.3 is 14.8 Å². The van der Waals surface area contributed by atoms with Gasteiger partial charge in [0.05, 0.1) is 7.11 Å². The van der Waals surface area contributed by atoms with Crippen LogP contribution in [0, 0.1) is 11.6 Å². The first-order chi connectivity index (χ1) is 12.7. The fourth-order valence-corrected chi connectivity index (χ4v) is 2.49. The molecule has 0 spiro atoms. The molecule has 26 heavy (non-hydrogen) atoms. The Labute approximate surface area is 151 Å². The van der Waals surface area contributed by atoms with Crippen molar-refractivity contribution < 1.29 is 18.3 Å². The van der Waals surface area contributed by atoms with Crippen molar-refractivity contribution in [2.75, 3.05) is 12.4 Å². The van der Waals surface area contributed by atoms with Crippen LogP contribution in [0.3, 0.4) is 0 Å². The maximum atomic E-state index is 13.3. The Morgan fingerprint density at radius 1 is 0.808 bits per heavy atom. The number of methoxy groups -OCH3 is 1. The van der Waals surface area contributed by atoms with Gasteiger partial charge in [-0.15, -0.1) is 0 Å². The molecule has 3 aromatic rings. The highest BCUT2D eigenvalue weighted by molar-refractivity contribution is 5.47. The quantitative estimate of drug-likeness (QED) is 0.635. The summed E-state index contributed by atoms with van der Waals surface area (Å²) in [7, 11) is 1.59. The smallest absolute Gasteiger partial charge is 0.162 e. The highest BCUT2D eigenvalue weighted by Gasteiger charge is 2.07. The maximum Gasteiger partial charge on any atom is 0.162 e. The molecule has 0 fully saturated rings. The minimum Gasteiger partial charge on any atom is -0.493 e. The topological polar surface area (TPSA) is 30.5 Å². The Kier molecular flexibility index (Phi) is 5.69. The normalized spacial score (nSPS) is 10.4. The Hall–Kier alpha value is -3.08. The molecule has 0 unspecified atom stereocenters. The molecule has 0 aliphatic rings. The second-order valence-electron chi connectivity index (χ2n) is 5.74. The molecule has 3 aromatic carbocycles. The molecule has 3 nitrogen and oxygen atoms in total. The average Bonchev–Trinajstić information content (AvgIpc) is 2.68. The van der Waals surface area contributed by atoms with E-state index < -0.39 is 11.6 Å². The lowest BCUT2D eigenvalue weighted by molar-refractivity contribution is 0.284. The molecule has 0 aliphatic carbocycles. The minimum atomic E-state index is -0.878. The number of hydrogen-bond acceptors (Lipinski definition) is 3. The summed E-state index contributed by atoms with van der Waals surface area (Å²) >= 11 is 0. The van der Waals surface area contributed by atoms with Crippen LogP contribution in [0.15, 0.2) is 66.7 Å². The van der Waals surface area contributed by atoms with Crippen molar-refractivity contribution in [2.24, 2.45) is 0 Å². The van der Waals surface area contributed by atoms with E-state index in [1.165, 1.54) is 6.07 Å². The summed E-state index contributed by atoms with van der Waals surface area (Å²) in [5.41, 5.74) is 2.49. The number of anilines is 1. The van der Waals surface area contributed by atoms with E-state index in [-0.39, 0.29) is 0 Å². The van der Waals surface area contributed by atoms with Gasteiger partial charge in [-0.25, -0.2) is 8.78 Å². The third-order valence-corrected chi connectivity index (χ3v) is 3.88. The molecule has 0 saturated heterocycles. The van der Waals surface area contributed by atoms with E-state index in [1.54, 1.807) is 7.11 Å². The third-order valence-electron chi connectivity index (χ3n) is 3.88. The van der Waals surface area contributed by atoms with Crippen LogP contribution in [0.1, 0.15) is 11.1 Å². The zero-order valence-electron chi connectivity index (χ0n) is 14.3. The summed E-state index contributed by atoms with van der Waals surface area (Å²) in [6, 6.07) is 19.1. The Bertz CT molecular complexity index is 869. The summed E-state index contributed by atoms with van der Waals surface area (Å²) in [5, 5.41) is 3.06. The first-order valence-corrected chi connectivity index (χ1v) is 8.18. The van der Waals surface area contributed by atoms with E-state index in [0.29, 0.717) is 30.3 Å². The number of hydrogen-bond donors (Lipinski definition) is 1. The zero-order chi connectivity index (χ0) is 18.4. The molecule has 0 aliphatic heterocycles. The molecular weight excluding hydrogens is 336 g/mol. The van der Waals surface area contributed by atoms with Gasteiger partial charge in [-0.1, -0.05) is 36.4 Å². The van der Waals surface area contributed by atoms with Crippen molar-refractivity contribution in [3.05, 3.63) is 89.5 Å². The van der Waals surface area contributed by atoms with Gasteiger partial charge in [0.1, 0.15) is 6.61 Å². The average molecular weight is 355 g/mol. The molecular formula is C21H19F2NO2. The molecule has 134 valence electrons. The van der Waals surface area contributed by atoms with Crippen molar-refractivity contribution in [2.45, 2.75) is 13.2 Å². The predicted octanol–water partition coefficient (Wildman–Crippen LogP) is 5.16. The molecule has 0 heterocycles. The number of benzene rings is 3. The van der Waals surface area contributed by atoms with Gasteiger partial charge in [0.25, 0.3) is 0 Å². The first-order valence-electron chi connectivity index (χ1n) is 8.18. The van der Waals surface area contributed by atoms with Crippen LogP contribution in [0.2, 0.25) is 0 Å². The monoisotopic (exact) mass is 355 g/mol. The molecule has 0 amide bonds. The van der Waals surface area contributed by atoms with E-state index in [2.05, 4.69) is 5.32 Å². The second-order valence-corrected chi connectivity index (χ2v) is 5.74. The Morgan fingerprint density at radius 2 is 1.62 bits per heavy atom. The lowest BCUT2D eigenvalue weighted by atomic mass is 10.2. The van der Waals surface area contributed by atoms with Crippen LogP contribution in [0.4, 0.5) is 14.5 Å². The Morgan fingerprint density at radius 3 is 2.35 bits per heavy atom. The van der Waals surface area contributed by atoms with Crippen molar-refractivity contribution >= 4 is 5.69 Å². The lowest BCUT2D eigenvalue weighted by Crippen LogP contribution is -2.02. The van der Waals surface area contributed by atoms with Crippen LogP contribution in [-0.2, 0) is 13.2 Å². The maximum absolute atomic E-state index is 13.3. The van der Waals surface area contributed by atoms with Gasteiger partial charge in [0, 0.05) is 18.3 Å². The van der Waals surface area contributed by atoms with Gasteiger partial charge >= 0.3 is 0 Å². The summed E-state index contributed by atoms with van der Waals surface area (Å²) in [5.74, 6) is -0.480. The highest BCUT2D eigenvalue weighted by Crippen LogP contribution is 2.29. The second kappa shape index (κ2) is 8.34. The van der Waals surface area contributed by atoms with E-state index >= 15 is 0 Å². The molecule has 3 rings (SSSR count). The number of rotatable bonds is 7. The lowest BCUT2D eigenvalue weighted by Gasteiger charge is -2.13. The van der Waals surface area contributed by atoms with Gasteiger partial charge in [-0.3, -0.25) is 0 Å². The molecule has 1 N–H and O–H groups in total. The first kappa shape index (κ1) is 17.7. The molecule has 0 saturated carbocycles. The Balaban J connectivity index is 1.68. The van der Waals surface area contributed by atoms with Crippen LogP contribution in [-0.4, -0.2) is 7.11 Å². The van der Waals surface area contributed by atoms with Crippen molar-refractivity contribution in [1.29, 1.82) is 0 Å². The van der Waals surface area contributed by atoms with E-state index in [4.69, 9.17) is 9.47 Å². The molecule has 5 heteroatoms. The van der Waals surface area contributed by atoms with E-state index in [1.807, 2.05) is 48.5 Å². The van der Waals surface area contributed by atoms with Gasteiger partial charge in [0.15, 0.2) is 23.1 Å². The SMILES string of the molecule is COc1ccc(CNc2ccc(F)c(F)c2)cc1OCc1ccccc1. The fourth-order valence-electron chi connectivity index (χ4n) is 2.49. The fraction of sp³-hybridized carbons (Fsp3) is 0.143. The molecule has 0 radical (unpaired) electrons. The third kappa shape index (κ3) is 4.51. The molecule has 0 aromatic heterocycles. The van der Waals surface area contributed by atoms with E-state index in [9.17, 15) is 8.78 Å². The summed E-state index contributed by atoms with van der Waals surface area (Å²) in [6.07, 6.45) is 0. The highest BCUT2D eigenvalue weighted by atomic mass is 19.2. The molecule has 0 bridgehead atoms. The van der Waals surface area contributed by atoms with Crippen molar-refractivity contribution in [1.82, 2.24) is 0 Å². The van der Waals surface area contributed by atoms with E-state index in [0.717, 1.165) is 23.3 Å². The van der Waals surface area contributed by atoms with Crippen LogP contribution < -0.4 is 14.8 Å². The van der Waals surface area contributed by atoms with Crippen molar-refractivity contribution in [3.8, 4) is 11.5 Å². The van der Waals surface area contributed by atoms with Crippen LogP contribution in [0.5, 0.6) is 11.5 Å². The number of ether oxygens (including phenoxy) is 2. The zero-order valence-corrected chi connectivity index (χ0v) is 14.3. The predicted molar refractivity (Wildman–Crippen MR) is 97.5 cm³/mol. The summed E-state index contributed by atoms with van der Waals surface area (Å²) < 4.78 is 37.5.